The molecule has 0 rings (SSSR count). The van der Waals surface area contributed by atoms with Crippen molar-refractivity contribution in [3.8, 4) is 0 Å². The molecule has 0 aromatic rings. The fraction of sp³-hybridized carbons (Fsp3) is 1.00. The molecule has 0 spiro atoms. The minimum absolute atomic E-state index is 0.120. The molecule has 0 fully saturated rings. The third kappa shape index (κ3) is 6.82. The van der Waals surface area contributed by atoms with Crippen LogP contribution in [-0.2, 0) is 9.47 Å². The van der Waals surface area contributed by atoms with Crippen LogP contribution in [0, 0.1) is 0 Å². The molecule has 12 heavy (non-hydrogen) atoms. The molecule has 0 aliphatic heterocycles. The summed E-state index contributed by atoms with van der Waals surface area (Å²) in [5.74, 6) is 0.120. The molecule has 0 heterocycles. The number of ether oxygens (including phenoxy) is 2. The molecule has 0 saturated heterocycles. The Hall–Kier alpha value is 0.137. The van der Waals surface area contributed by atoms with E-state index >= 15 is 0 Å². The van der Waals surface area contributed by atoms with Crippen LogP contribution in [0.15, 0.2) is 0 Å². The summed E-state index contributed by atoms with van der Waals surface area (Å²) in [5, 5.41) is 0. The van der Waals surface area contributed by atoms with Crippen molar-refractivity contribution in [1.82, 2.24) is 0 Å². The van der Waals surface area contributed by atoms with E-state index in [0.717, 1.165) is 0 Å². The Morgan fingerprint density at radius 1 is 1.00 bits per heavy atom. The van der Waals surface area contributed by atoms with Gasteiger partial charge in [0.05, 0.1) is 21.7 Å². The molecule has 0 bridgehead atoms. The topological polar surface area (TPSA) is 18.5 Å². The van der Waals surface area contributed by atoms with Gasteiger partial charge in [-0.3, -0.25) is 0 Å². The maximum absolute atomic E-state index is 5.64. The lowest BCUT2D eigenvalue weighted by Crippen LogP contribution is -2.29. The molecule has 0 atom stereocenters. The highest BCUT2D eigenvalue weighted by Gasteiger charge is 2.11. The van der Waals surface area contributed by atoms with Gasteiger partial charge < -0.3 is 9.47 Å². The molecule has 0 aromatic carbocycles. The van der Waals surface area contributed by atoms with E-state index in [4.69, 9.17) is 9.47 Å². The Morgan fingerprint density at radius 2 is 1.42 bits per heavy atom. The maximum atomic E-state index is 5.64. The predicted molar refractivity (Wildman–Crippen MR) is 55.3 cm³/mol. The van der Waals surface area contributed by atoms with Gasteiger partial charge >= 0.3 is 0 Å². The van der Waals surface area contributed by atoms with Gasteiger partial charge in [-0.05, 0) is 27.7 Å². The quantitative estimate of drug-likeness (QED) is 0.469. The first-order chi connectivity index (χ1) is 5.56. The molecule has 0 unspecified atom stereocenters. The molecule has 0 saturated carbocycles. The van der Waals surface area contributed by atoms with Gasteiger partial charge in [0.2, 0.25) is 0 Å². The molecule has 0 aromatic heterocycles. The van der Waals surface area contributed by atoms with Gasteiger partial charge in [0, 0.05) is 0 Å². The van der Waals surface area contributed by atoms with Crippen LogP contribution in [0.25, 0.3) is 0 Å². The van der Waals surface area contributed by atoms with Crippen molar-refractivity contribution < 1.29 is 9.47 Å². The fourth-order valence-electron chi connectivity index (χ4n) is 1.01. The van der Waals surface area contributed by atoms with Gasteiger partial charge in [0.15, 0.2) is 0 Å². The van der Waals surface area contributed by atoms with Gasteiger partial charge in [0.1, 0.15) is 5.91 Å². The van der Waals surface area contributed by atoms with Crippen molar-refractivity contribution in [2.45, 2.75) is 58.8 Å². The Bertz CT molecular complexity index is 94.7. The molecule has 3 heteroatoms. The van der Waals surface area contributed by atoms with E-state index in [1.165, 1.54) is 6.04 Å². The third-order valence-electron chi connectivity index (χ3n) is 1.37. The van der Waals surface area contributed by atoms with E-state index < -0.39 is 0 Å². The van der Waals surface area contributed by atoms with Crippen molar-refractivity contribution in [3.05, 3.63) is 0 Å². The van der Waals surface area contributed by atoms with E-state index in [-0.39, 0.29) is 27.6 Å². The van der Waals surface area contributed by atoms with Crippen LogP contribution in [0.5, 0.6) is 0 Å². The van der Waals surface area contributed by atoms with Crippen molar-refractivity contribution in [1.29, 1.82) is 0 Å². The minimum atomic E-state index is -0.194. The van der Waals surface area contributed by atoms with Crippen LogP contribution in [0.1, 0.15) is 34.6 Å². The third-order valence-corrected chi connectivity index (χ3v) is 2.81. The van der Waals surface area contributed by atoms with Crippen LogP contribution in [0.3, 0.4) is 0 Å². The zero-order valence-corrected chi connectivity index (χ0v) is 10.4. The molecule has 0 aliphatic rings. The summed E-state index contributed by atoms with van der Waals surface area (Å²) in [6, 6.07) is 1.24. The Kier molecular flexibility index (Phi) is 6.71. The Balaban J connectivity index is 3.69. The van der Waals surface area contributed by atoms with E-state index in [1.54, 1.807) is 0 Å². The fourth-order valence-corrected chi connectivity index (χ4v) is 2.52. The normalized spacial score (nSPS) is 13.0. The molecular weight excluding hydrogens is 168 g/mol. The van der Waals surface area contributed by atoms with Crippen molar-refractivity contribution in [2.24, 2.45) is 0 Å². The van der Waals surface area contributed by atoms with E-state index in [9.17, 15) is 0 Å². The van der Waals surface area contributed by atoms with Gasteiger partial charge in [0.25, 0.3) is 0 Å². The lowest BCUT2D eigenvalue weighted by molar-refractivity contribution is -0.134. The second-order valence-electron chi connectivity index (χ2n) is 3.59. The highest BCUT2D eigenvalue weighted by atomic mass is 28.2. The SMILES string of the molecule is CC[SiH2]C(OC(C)C)OC(C)C. The molecule has 0 N–H and O–H groups in total. The average molecular weight is 190 g/mol. The van der Waals surface area contributed by atoms with Crippen LogP contribution in [0.4, 0.5) is 0 Å². The van der Waals surface area contributed by atoms with E-state index in [1.807, 2.05) is 0 Å². The number of rotatable bonds is 6. The zero-order chi connectivity index (χ0) is 9.56. The molecule has 74 valence electrons. The molecule has 0 aliphatic carbocycles. The molecule has 0 amide bonds. The van der Waals surface area contributed by atoms with Crippen molar-refractivity contribution in [3.63, 3.8) is 0 Å². The Morgan fingerprint density at radius 3 is 1.67 bits per heavy atom. The highest BCUT2D eigenvalue weighted by Crippen LogP contribution is 2.03. The lowest BCUT2D eigenvalue weighted by atomic mass is 10.5. The largest absolute Gasteiger partial charge is 0.354 e. The number of hydrogen-bond donors (Lipinski definition) is 0. The second kappa shape index (κ2) is 6.63. The summed E-state index contributed by atoms with van der Waals surface area (Å²) >= 11 is 0. The number of hydrogen-bond acceptors (Lipinski definition) is 2. The van der Waals surface area contributed by atoms with Gasteiger partial charge in [-0.2, -0.15) is 0 Å². The van der Waals surface area contributed by atoms with Crippen LogP contribution >= 0.6 is 0 Å². The standard InChI is InChI=1S/C9H22O2Si/c1-6-12-9(10-7(2)3)11-8(4)5/h7-9H,6,12H2,1-5H3. The summed E-state index contributed by atoms with van der Waals surface area (Å²) in [6.45, 7) is 10.4. The first-order valence-corrected chi connectivity index (χ1v) is 6.68. The minimum Gasteiger partial charge on any atom is -0.354 e. The summed E-state index contributed by atoms with van der Waals surface area (Å²) in [6.07, 6.45) is 0.570. The predicted octanol–water partition coefficient (Wildman–Crippen LogP) is 1.73. The van der Waals surface area contributed by atoms with Crippen LogP contribution < -0.4 is 0 Å². The van der Waals surface area contributed by atoms with E-state index in [2.05, 4.69) is 34.6 Å². The van der Waals surface area contributed by atoms with Crippen molar-refractivity contribution >= 4 is 9.52 Å². The van der Waals surface area contributed by atoms with Gasteiger partial charge in [-0.15, -0.1) is 0 Å². The second-order valence-corrected chi connectivity index (χ2v) is 5.83. The summed E-state index contributed by atoms with van der Waals surface area (Å²) < 4.78 is 11.3. The lowest BCUT2D eigenvalue weighted by Gasteiger charge is -2.22. The first kappa shape index (κ1) is 12.1. The Labute approximate surface area is 78.5 Å². The smallest absolute Gasteiger partial charge is 0.135 e. The summed E-state index contributed by atoms with van der Waals surface area (Å²) in [4.78, 5) is 0. The summed E-state index contributed by atoms with van der Waals surface area (Å²) in [5.41, 5.74) is 0. The maximum Gasteiger partial charge on any atom is 0.135 e. The average Bonchev–Trinajstić information content (AvgIpc) is 1.84. The summed E-state index contributed by atoms with van der Waals surface area (Å²) in [7, 11) is -0.194. The van der Waals surface area contributed by atoms with Gasteiger partial charge in [-0.25, -0.2) is 0 Å². The molecule has 2 nitrogen and oxygen atoms in total. The van der Waals surface area contributed by atoms with Crippen molar-refractivity contribution in [2.75, 3.05) is 0 Å². The van der Waals surface area contributed by atoms with Crippen LogP contribution in [0.2, 0.25) is 6.04 Å². The van der Waals surface area contributed by atoms with E-state index in [0.29, 0.717) is 0 Å². The van der Waals surface area contributed by atoms with Gasteiger partial charge in [-0.1, -0.05) is 13.0 Å². The highest BCUT2D eigenvalue weighted by molar-refractivity contribution is 6.36. The molecule has 0 radical (unpaired) electrons. The monoisotopic (exact) mass is 190 g/mol. The molecular formula is C9H22O2Si. The van der Waals surface area contributed by atoms with Crippen LogP contribution in [-0.4, -0.2) is 27.6 Å². The zero-order valence-electron chi connectivity index (χ0n) is 8.96. The first-order valence-electron chi connectivity index (χ1n) is 4.87.